The summed E-state index contributed by atoms with van der Waals surface area (Å²) in [5, 5.41) is 9.37. The van der Waals surface area contributed by atoms with Gasteiger partial charge in [0.25, 0.3) is 0 Å². The molecule has 1 rings (SSSR count). The summed E-state index contributed by atoms with van der Waals surface area (Å²) in [5.41, 5.74) is 3.51. The summed E-state index contributed by atoms with van der Waals surface area (Å²) >= 11 is 0. The Morgan fingerprint density at radius 2 is 1.89 bits per heavy atom. The molecule has 0 aliphatic rings. The maximum atomic E-state index is 9.37. The van der Waals surface area contributed by atoms with Crippen molar-refractivity contribution in [1.82, 2.24) is 4.90 Å². The third-order valence-corrected chi connectivity index (χ3v) is 3.65. The third-order valence-electron chi connectivity index (χ3n) is 3.65. The number of hydrogen-bond acceptors (Lipinski definition) is 3. The zero-order valence-electron chi connectivity index (χ0n) is 12.8. The maximum Gasteiger partial charge on any atom is 0.122 e. The van der Waals surface area contributed by atoms with E-state index in [9.17, 15) is 5.26 Å². The lowest BCUT2D eigenvalue weighted by Gasteiger charge is -2.30. The van der Waals surface area contributed by atoms with Gasteiger partial charge in [0, 0.05) is 0 Å². The molecule has 0 spiro atoms. The van der Waals surface area contributed by atoms with Crippen LogP contribution < -0.4 is 4.74 Å². The van der Waals surface area contributed by atoms with E-state index in [1.54, 1.807) is 7.11 Å². The van der Waals surface area contributed by atoms with E-state index in [1.807, 2.05) is 21.0 Å². The molecule has 0 saturated carbocycles. The number of benzene rings is 1. The highest BCUT2D eigenvalue weighted by Crippen LogP contribution is 2.34. The number of aryl methyl sites for hydroxylation is 2. The van der Waals surface area contributed by atoms with Gasteiger partial charge in [-0.2, -0.15) is 5.26 Å². The van der Waals surface area contributed by atoms with Crippen molar-refractivity contribution < 1.29 is 4.74 Å². The van der Waals surface area contributed by atoms with Crippen molar-refractivity contribution in [3.63, 3.8) is 0 Å². The fourth-order valence-corrected chi connectivity index (χ4v) is 2.59. The summed E-state index contributed by atoms with van der Waals surface area (Å²) < 4.78 is 5.36. The van der Waals surface area contributed by atoms with Gasteiger partial charge in [0.15, 0.2) is 0 Å². The van der Waals surface area contributed by atoms with Crippen molar-refractivity contribution in [2.45, 2.75) is 33.2 Å². The molecule has 2 atom stereocenters. The molecule has 0 aliphatic heterocycles. The Kier molecular flexibility index (Phi) is 5.38. The van der Waals surface area contributed by atoms with Gasteiger partial charge < -0.3 is 9.64 Å². The molecule has 0 radical (unpaired) electrons. The molecule has 1 aromatic rings. The molecule has 19 heavy (non-hydrogen) atoms. The fourth-order valence-electron chi connectivity index (χ4n) is 2.59. The number of nitriles is 1. The molecular weight excluding hydrogens is 236 g/mol. The highest BCUT2D eigenvalue weighted by Gasteiger charge is 2.25. The molecular formula is C16H24N2O. The Labute approximate surface area is 116 Å². The molecule has 0 bridgehead atoms. The molecule has 1 aromatic carbocycles. The van der Waals surface area contributed by atoms with Gasteiger partial charge in [-0.3, -0.25) is 0 Å². The summed E-state index contributed by atoms with van der Waals surface area (Å²) in [6, 6.07) is 6.77. The third kappa shape index (κ3) is 3.27. The summed E-state index contributed by atoms with van der Waals surface area (Å²) in [4.78, 5) is 2.13. The van der Waals surface area contributed by atoms with Crippen LogP contribution >= 0.6 is 0 Å². The van der Waals surface area contributed by atoms with Crippen molar-refractivity contribution in [2.75, 3.05) is 21.2 Å². The smallest absolute Gasteiger partial charge is 0.122 e. The Bertz CT molecular complexity index is 474. The summed E-state index contributed by atoms with van der Waals surface area (Å²) in [6.07, 6.45) is 0.851. The van der Waals surface area contributed by atoms with E-state index < -0.39 is 0 Å². The van der Waals surface area contributed by atoms with Gasteiger partial charge in [0.2, 0.25) is 0 Å². The largest absolute Gasteiger partial charge is 0.496 e. The number of methoxy groups -OCH3 is 1. The van der Waals surface area contributed by atoms with Crippen molar-refractivity contribution in [3.8, 4) is 11.8 Å². The SMILES string of the molecule is CCC(C#N)C(c1cc(C)c(OC)cc1C)N(C)C. The van der Waals surface area contributed by atoms with Crippen molar-refractivity contribution in [3.05, 3.63) is 28.8 Å². The van der Waals surface area contributed by atoms with Gasteiger partial charge in [0.05, 0.1) is 25.1 Å². The standard InChI is InChI=1S/C16H24N2O/c1-7-13(10-17)16(18(4)5)14-8-12(3)15(19-6)9-11(14)2/h8-9,13,16H,7H2,1-6H3. The van der Waals surface area contributed by atoms with E-state index in [2.05, 4.69) is 36.9 Å². The van der Waals surface area contributed by atoms with E-state index in [0.717, 1.165) is 17.7 Å². The van der Waals surface area contributed by atoms with Gasteiger partial charge >= 0.3 is 0 Å². The second kappa shape index (κ2) is 6.58. The van der Waals surface area contributed by atoms with E-state index in [4.69, 9.17) is 4.74 Å². The van der Waals surface area contributed by atoms with Crippen LogP contribution in [-0.2, 0) is 0 Å². The lowest BCUT2D eigenvalue weighted by atomic mass is 9.87. The number of hydrogen-bond donors (Lipinski definition) is 0. The first kappa shape index (κ1) is 15.5. The first-order valence-corrected chi connectivity index (χ1v) is 6.67. The van der Waals surface area contributed by atoms with Crippen molar-refractivity contribution >= 4 is 0 Å². The maximum absolute atomic E-state index is 9.37. The van der Waals surface area contributed by atoms with Crippen LogP contribution in [0.15, 0.2) is 12.1 Å². The molecule has 2 unspecified atom stereocenters. The minimum absolute atomic E-state index is 0.00138. The lowest BCUT2D eigenvalue weighted by molar-refractivity contribution is 0.240. The van der Waals surface area contributed by atoms with Gasteiger partial charge in [-0.1, -0.05) is 13.0 Å². The van der Waals surface area contributed by atoms with Crippen LogP contribution in [0.1, 0.15) is 36.1 Å². The predicted octanol–water partition coefficient (Wildman–Crippen LogP) is 3.46. The molecule has 0 fully saturated rings. The monoisotopic (exact) mass is 260 g/mol. The van der Waals surface area contributed by atoms with Crippen LogP contribution in [0.3, 0.4) is 0 Å². The van der Waals surface area contributed by atoms with Gasteiger partial charge in [-0.05, 0) is 57.1 Å². The Morgan fingerprint density at radius 3 is 2.32 bits per heavy atom. The molecule has 0 saturated heterocycles. The highest BCUT2D eigenvalue weighted by molar-refractivity contribution is 5.43. The highest BCUT2D eigenvalue weighted by atomic mass is 16.5. The predicted molar refractivity (Wildman–Crippen MR) is 78.3 cm³/mol. The van der Waals surface area contributed by atoms with Crippen LogP contribution in [0, 0.1) is 31.1 Å². The van der Waals surface area contributed by atoms with Crippen LogP contribution in [0.4, 0.5) is 0 Å². The van der Waals surface area contributed by atoms with E-state index in [1.165, 1.54) is 11.1 Å². The Balaban J connectivity index is 3.32. The number of nitrogens with zero attached hydrogens (tertiary/aromatic N) is 2. The van der Waals surface area contributed by atoms with Crippen molar-refractivity contribution in [2.24, 2.45) is 5.92 Å². The summed E-state index contributed by atoms with van der Waals surface area (Å²) in [6.45, 7) is 6.19. The second-order valence-electron chi connectivity index (χ2n) is 5.23. The van der Waals surface area contributed by atoms with Gasteiger partial charge in [-0.15, -0.1) is 0 Å². The quantitative estimate of drug-likeness (QED) is 0.813. The molecule has 0 heterocycles. The lowest BCUT2D eigenvalue weighted by Crippen LogP contribution is -2.27. The molecule has 0 N–H and O–H groups in total. The number of rotatable bonds is 5. The first-order chi connectivity index (χ1) is 8.96. The zero-order valence-corrected chi connectivity index (χ0v) is 12.8. The van der Waals surface area contributed by atoms with Crippen LogP contribution in [0.25, 0.3) is 0 Å². The zero-order chi connectivity index (χ0) is 14.6. The molecule has 0 aliphatic carbocycles. The summed E-state index contributed by atoms with van der Waals surface area (Å²) in [7, 11) is 5.75. The molecule has 3 nitrogen and oxygen atoms in total. The summed E-state index contributed by atoms with van der Waals surface area (Å²) in [5.74, 6) is 0.908. The van der Waals surface area contributed by atoms with Crippen LogP contribution in [0.5, 0.6) is 5.75 Å². The first-order valence-electron chi connectivity index (χ1n) is 6.67. The fraction of sp³-hybridized carbons (Fsp3) is 0.562. The van der Waals surface area contributed by atoms with E-state index in [0.29, 0.717) is 0 Å². The topological polar surface area (TPSA) is 36.3 Å². The van der Waals surface area contributed by atoms with E-state index in [-0.39, 0.29) is 12.0 Å². The second-order valence-corrected chi connectivity index (χ2v) is 5.23. The van der Waals surface area contributed by atoms with Crippen LogP contribution in [0.2, 0.25) is 0 Å². The average molecular weight is 260 g/mol. The molecule has 104 valence electrons. The van der Waals surface area contributed by atoms with E-state index >= 15 is 0 Å². The average Bonchev–Trinajstić information content (AvgIpc) is 2.38. The number of ether oxygens (including phenoxy) is 1. The van der Waals surface area contributed by atoms with Crippen LogP contribution in [-0.4, -0.2) is 26.1 Å². The Hall–Kier alpha value is -1.53. The molecule has 0 amide bonds. The molecule has 0 aromatic heterocycles. The minimum atomic E-state index is 0.00138. The van der Waals surface area contributed by atoms with Gasteiger partial charge in [0.1, 0.15) is 5.75 Å². The molecule has 3 heteroatoms. The Morgan fingerprint density at radius 1 is 1.26 bits per heavy atom. The normalized spacial score (nSPS) is 14.0. The minimum Gasteiger partial charge on any atom is -0.496 e. The van der Waals surface area contributed by atoms with Crippen molar-refractivity contribution in [1.29, 1.82) is 5.26 Å². The van der Waals surface area contributed by atoms with Gasteiger partial charge in [-0.25, -0.2) is 0 Å².